The average Bonchev–Trinajstić information content (AvgIpc) is 2.86. The number of hydrogen-bond acceptors (Lipinski definition) is 6. The molecule has 0 radical (unpaired) electrons. The fourth-order valence-electron chi connectivity index (χ4n) is 4.01. The lowest BCUT2D eigenvalue weighted by molar-refractivity contribution is 0.0959. The van der Waals surface area contributed by atoms with E-state index in [1.807, 2.05) is 32.8 Å². The Morgan fingerprint density at radius 1 is 1.34 bits per heavy atom. The van der Waals surface area contributed by atoms with Crippen LogP contribution >= 0.6 is 0 Å². The van der Waals surface area contributed by atoms with Crippen molar-refractivity contribution < 1.29 is 18.3 Å². The van der Waals surface area contributed by atoms with E-state index in [0.717, 1.165) is 13.0 Å². The molecule has 1 aliphatic rings. The Morgan fingerprint density at radius 2 is 2.08 bits per heavy atom. The van der Waals surface area contributed by atoms with Gasteiger partial charge in [-0.3, -0.25) is 0 Å². The van der Waals surface area contributed by atoms with Crippen molar-refractivity contribution in [3.8, 4) is 11.5 Å². The Morgan fingerprint density at radius 3 is 2.66 bits per heavy atom. The first-order valence-corrected chi connectivity index (χ1v) is 12.7. The number of nitrogens with one attached hydrogen (secondary N) is 1. The van der Waals surface area contributed by atoms with Gasteiger partial charge in [0.1, 0.15) is 23.8 Å². The van der Waals surface area contributed by atoms with Crippen LogP contribution in [0.3, 0.4) is 0 Å². The highest BCUT2D eigenvalue weighted by Gasteiger charge is 2.36. The molecule has 2 aromatic rings. The van der Waals surface area contributed by atoms with Gasteiger partial charge in [-0.05, 0) is 79.2 Å². The molecule has 1 N–H and O–H groups in total. The number of aromatic nitrogens is 1. The van der Waals surface area contributed by atoms with E-state index < -0.39 is 17.2 Å². The third-order valence-corrected chi connectivity index (χ3v) is 6.15. The van der Waals surface area contributed by atoms with Gasteiger partial charge in [0.25, 0.3) is 0 Å². The van der Waals surface area contributed by atoms with E-state index in [2.05, 4.69) is 45.8 Å². The molecule has 0 saturated heterocycles. The summed E-state index contributed by atoms with van der Waals surface area (Å²) in [6, 6.07) is 6.50. The van der Waals surface area contributed by atoms with Gasteiger partial charge in [-0.1, -0.05) is 6.92 Å². The molecule has 2 heterocycles. The predicted molar refractivity (Wildman–Crippen MR) is 150 cm³/mol. The lowest BCUT2D eigenvalue weighted by atomic mass is 10.00. The minimum atomic E-state index is -0.573. The topological polar surface area (TPSA) is 74.6 Å². The number of hydrogen-bond donors (Lipinski definition) is 1. The molecule has 0 aliphatic carbocycles. The summed E-state index contributed by atoms with van der Waals surface area (Å²) in [5.41, 5.74) is 0.325. The van der Waals surface area contributed by atoms with Crippen molar-refractivity contribution in [2.45, 2.75) is 52.7 Å². The van der Waals surface area contributed by atoms with Gasteiger partial charge >= 0.3 is 0 Å². The van der Waals surface area contributed by atoms with Gasteiger partial charge in [0, 0.05) is 18.2 Å². The number of rotatable bonds is 9. The summed E-state index contributed by atoms with van der Waals surface area (Å²) < 4.78 is 41.8. The SMILES string of the molecule is C=NC(=Nc1ccc(OCCN(C)C)cn1)N/C(=C(\C)F)c1cc(F)c2c(c1)N(C(C)CC)CC(C)(C)O2. The van der Waals surface area contributed by atoms with Crippen LogP contribution in [0.15, 0.2) is 46.3 Å². The zero-order valence-electron chi connectivity index (χ0n) is 23.3. The Bertz CT molecular complexity index is 1190. The third-order valence-electron chi connectivity index (χ3n) is 6.15. The molecule has 10 heteroatoms. The molecule has 0 amide bonds. The maximum atomic E-state index is 15.4. The summed E-state index contributed by atoms with van der Waals surface area (Å²) in [6.07, 6.45) is 2.41. The van der Waals surface area contributed by atoms with Crippen molar-refractivity contribution >= 4 is 29.9 Å². The first-order valence-electron chi connectivity index (χ1n) is 12.7. The number of allylic oxidation sites excluding steroid dienone is 1. The van der Waals surface area contributed by atoms with Gasteiger partial charge in [0.15, 0.2) is 17.4 Å². The number of fused-ring (bicyclic) bond motifs is 1. The fraction of sp³-hybridized carbons (Fsp3) is 0.464. The summed E-state index contributed by atoms with van der Waals surface area (Å²) in [4.78, 5) is 16.6. The summed E-state index contributed by atoms with van der Waals surface area (Å²) in [5, 5.41) is 2.86. The van der Waals surface area contributed by atoms with E-state index >= 15 is 4.39 Å². The first-order chi connectivity index (χ1) is 17.9. The van der Waals surface area contributed by atoms with Crippen molar-refractivity contribution in [3.05, 3.63) is 47.7 Å². The zero-order valence-corrected chi connectivity index (χ0v) is 23.3. The second-order valence-corrected chi connectivity index (χ2v) is 10.2. The van der Waals surface area contributed by atoms with Crippen LogP contribution in [0.4, 0.5) is 20.3 Å². The summed E-state index contributed by atoms with van der Waals surface area (Å²) >= 11 is 0. The van der Waals surface area contributed by atoms with Gasteiger partial charge in [0.2, 0.25) is 5.96 Å². The molecule has 1 aromatic carbocycles. The van der Waals surface area contributed by atoms with Crippen LogP contribution in [0.25, 0.3) is 5.70 Å². The monoisotopic (exact) mass is 528 g/mol. The Balaban J connectivity index is 1.90. The number of anilines is 1. The van der Waals surface area contributed by atoms with E-state index in [1.165, 1.54) is 13.0 Å². The highest BCUT2D eigenvalue weighted by molar-refractivity contribution is 5.94. The van der Waals surface area contributed by atoms with E-state index in [0.29, 0.717) is 36.0 Å². The average molecular weight is 529 g/mol. The van der Waals surface area contributed by atoms with E-state index in [-0.39, 0.29) is 23.4 Å². The highest BCUT2D eigenvalue weighted by atomic mass is 19.1. The second-order valence-electron chi connectivity index (χ2n) is 10.2. The lowest BCUT2D eigenvalue weighted by Crippen LogP contribution is -2.50. The van der Waals surface area contributed by atoms with Crippen molar-refractivity contribution in [2.75, 3.05) is 38.7 Å². The Hall–Kier alpha value is -3.53. The minimum Gasteiger partial charge on any atom is -0.491 e. The molecule has 0 bridgehead atoms. The number of guanidine groups is 1. The Labute approximate surface area is 224 Å². The number of aliphatic imine (C=N–C) groups is 2. The van der Waals surface area contributed by atoms with Crippen LogP contribution < -0.4 is 19.7 Å². The molecular weight excluding hydrogens is 490 g/mol. The molecule has 0 fully saturated rings. The van der Waals surface area contributed by atoms with Gasteiger partial charge < -0.3 is 24.6 Å². The van der Waals surface area contributed by atoms with Crippen LogP contribution in [0.5, 0.6) is 11.5 Å². The van der Waals surface area contributed by atoms with Crippen LogP contribution in [-0.2, 0) is 0 Å². The van der Waals surface area contributed by atoms with Gasteiger partial charge in [-0.15, -0.1) is 0 Å². The quantitative estimate of drug-likeness (QED) is 0.339. The summed E-state index contributed by atoms with van der Waals surface area (Å²) in [6.45, 7) is 14.7. The third kappa shape index (κ3) is 7.28. The maximum Gasteiger partial charge on any atom is 0.228 e. The van der Waals surface area contributed by atoms with Gasteiger partial charge in [-0.25, -0.2) is 18.8 Å². The molecule has 0 spiro atoms. The molecule has 0 saturated carbocycles. The smallest absolute Gasteiger partial charge is 0.228 e. The molecule has 1 unspecified atom stereocenters. The van der Waals surface area contributed by atoms with E-state index in [1.54, 1.807) is 24.4 Å². The predicted octanol–water partition coefficient (Wildman–Crippen LogP) is 5.57. The van der Waals surface area contributed by atoms with E-state index in [9.17, 15) is 4.39 Å². The standard InChI is InChI=1S/C28H38F2N6O2/c1-9-18(2)36-17-28(4,5)38-26-22(30)14-20(15-23(26)36)25(19(3)29)34-27(31-6)33-24-11-10-21(16-32-24)37-13-12-35(7)8/h10-11,14-16,18H,6,9,12-13,17H2,1-5,7-8H3,(H,32,33,34)/b25-19+. The van der Waals surface area contributed by atoms with Crippen LogP contribution in [0.2, 0.25) is 0 Å². The number of likely N-dealkylation sites (N-methyl/N-ethyl adjacent to an activating group) is 1. The molecular formula is C28H38F2N6O2. The normalized spacial score (nSPS) is 16.4. The molecule has 1 aromatic heterocycles. The largest absolute Gasteiger partial charge is 0.491 e. The van der Waals surface area contributed by atoms with E-state index in [4.69, 9.17) is 9.47 Å². The zero-order chi connectivity index (χ0) is 28.0. The summed E-state index contributed by atoms with van der Waals surface area (Å²) in [7, 11) is 3.93. The maximum absolute atomic E-state index is 15.4. The fourth-order valence-corrected chi connectivity index (χ4v) is 4.01. The molecule has 3 rings (SSSR count). The number of halogens is 2. The molecule has 8 nitrogen and oxygen atoms in total. The minimum absolute atomic E-state index is 0.0140. The van der Waals surface area contributed by atoms with Gasteiger partial charge in [-0.2, -0.15) is 4.99 Å². The lowest BCUT2D eigenvalue weighted by Gasteiger charge is -2.44. The van der Waals surface area contributed by atoms with Crippen molar-refractivity contribution in [2.24, 2.45) is 9.98 Å². The number of ether oxygens (including phenoxy) is 2. The molecule has 1 aliphatic heterocycles. The van der Waals surface area contributed by atoms with Crippen molar-refractivity contribution in [1.82, 2.24) is 15.2 Å². The van der Waals surface area contributed by atoms with Crippen molar-refractivity contribution in [3.63, 3.8) is 0 Å². The number of benzene rings is 1. The van der Waals surface area contributed by atoms with Crippen LogP contribution in [0, 0.1) is 5.82 Å². The second kappa shape index (κ2) is 12.3. The van der Waals surface area contributed by atoms with Crippen molar-refractivity contribution in [1.29, 1.82) is 0 Å². The number of nitrogens with zero attached hydrogens (tertiary/aromatic N) is 5. The Kier molecular flexibility index (Phi) is 9.43. The molecule has 38 heavy (non-hydrogen) atoms. The number of pyridine rings is 1. The molecule has 206 valence electrons. The summed E-state index contributed by atoms with van der Waals surface area (Å²) in [5.74, 6) is -0.0334. The van der Waals surface area contributed by atoms with Crippen LogP contribution in [0.1, 0.15) is 46.6 Å². The van der Waals surface area contributed by atoms with Crippen LogP contribution in [-0.4, -0.2) is 68.0 Å². The molecule has 1 atom stereocenters. The first kappa shape index (κ1) is 29.0. The highest BCUT2D eigenvalue weighted by Crippen LogP contribution is 2.42. The van der Waals surface area contributed by atoms with Gasteiger partial charge in [0.05, 0.1) is 24.1 Å².